The number of nitrogens with zero attached hydrogens (tertiary/aromatic N) is 2. The lowest BCUT2D eigenvalue weighted by molar-refractivity contribution is 0.457. The highest BCUT2D eigenvalue weighted by Crippen LogP contribution is 2.39. The minimum atomic E-state index is -0.00997. The normalized spacial score (nSPS) is 14.5. The van der Waals surface area contributed by atoms with Crippen molar-refractivity contribution in [1.82, 2.24) is 4.98 Å². The van der Waals surface area contributed by atoms with E-state index < -0.39 is 0 Å². The van der Waals surface area contributed by atoms with E-state index in [4.69, 9.17) is 11.6 Å². The Bertz CT molecular complexity index is 1020. The Morgan fingerprint density at radius 3 is 2.72 bits per heavy atom. The molecule has 0 unspecified atom stereocenters. The molecule has 0 bridgehead atoms. The summed E-state index contributed by atoms with van der Waals surface area (Å²) in [6, 6.07) is 15.4. The Kier molecular flexibility index (Phi) is 4.03. The summed E-state index contributed by atoms with van der Waals surface area (Å²) in [5.74, 6) is -0.00997. The molecule has 4 rings (SSSR count). The lowest BCUT2D eigenvalue weighted by Gasteiger charge is -2.03. The first-order chi connectivity index (χ1) is 12.1. The van der Waals surface area contributed by atoms with E-state index in [1.807, 2.05) is 55.5 Å². The quantitative estimate of drug-likeness (QED) is 0.606. The average Bonchev–Trinajstić information content (AvgIpc) is 3.10. The standard InChI is InChI=1S/C19H14ClN3OS/c1-11-13(12-6-2-4-8-15(12)21-11)10-17-18(24)23-19(25-17)22-16-9-5-3-7-14(16)20/h2-10,24H,1H3,(H,22,23)/b13-10-. The van der Waals surface area contributed by atoms with E-state index in [0.717, 1.165) is 28.2 Å². The molecule has 4 nitrogen and oxygen atoms in total. The van der Waals surface area contributed by atoms with E-state index in [9.17, 15) is 5.11 Å². The number of halogens is 1. The Morgan fingerprint density at radius 2 is 1.88 bits per heavy atom. The predicted molar refractivity (Wildman–Crippen MR) is 106 cm³/mol. The molecule has 0 fully saturated rings. The Hall–Kier alpha value is -2.63. The fourth-order valence-electron chi connectivity index (χ4n) is 2.70. The number of nitrogens with one attached hydrogen (secondary N) is 1. The summed E-state index contributed by atoms with van der Waals surface area (Å²) >= 11 is 7.52. The summed E-state index contributed by atoms with van der Waals surface area (Å²) < 4.78 is 0. The van der Waals surface area contributed by atoms with Crippen molar-refractivity contribution < 1.29 is 5.11 Å². The van der Waals surface area contributed by atoms with E-state index in [1.165, 1.54) is 11.3 Å². The van der Waals surface area contributed by atoms with Gasteiger partial charge in [0.25, 0.3) is 0 Å². The number of hydrogen-bond acceptors (Lipinski definition) is 5. The third kappa shape index (κ3) is 3.04. The van der Waals surface area contributed by atoms with Gasteiger partial charge in [0.05, 0.1) is 21.3 Å². The number of thiazole rings is 1. The molecule has 25 heavy (non-hydrogen) atoms. The minimum Gasteiger partial charge on any atom is -0.492 e. The SMILES string of the molecule is CC1=Nc2ccccc2/C1=C\c1sc(Nc2ccccc2Cl)nc1O. The van der Waals surface area contributed by atoms with Crippen LogP contribution in [0, 0.1) is 0 Å². The molecule has 2 aromatic carbocycles. The summed E-state index contributed by atoms with van der Waals surface area (Å²) in [5, 5.41) is 14.5. The maximum Gasteiger partial charge on any atom is 0.231 e. The summed E-state index contributed by atoms with van der Waals surface area (Å²) in [7, 11) is 0. The van der Waals surface area contributed by atoms with E-state index >= 15 is 0 Å². The van der Waals surface area contributed by atoms with Crippen LogP contribution < -0.4 is 5.32 Å². The van der Waals surface area contributed by atoms with Crippen molar-refractivity contribution in [2.75, 3.05) is 5.32 Å². The fraction of sp³-hybridized carbons (Fsp3) is 0.0526. The molecule has 0 saturated heterocycles. The predicted octanol–water partition coefficient (Wildman–Crippen LogP) is 5.89. The second kappa shape index (κ2) is 6.35. The molecule has 1 aliphatic rings. The van der Waals surface area contributed by atoms with E-state index in [-0.39, 0.29) is 5.88 Å². The van der Waals surface area contributed by atoms with Crippen LogP contribution in [0.15, 0.2) is 53.5 Å². The number of benzene rings is 2. The molecule has 1 aromatic heterocycles. The van der Waals surface area contributed by atoms with Gasteiger partial charge in [-0.1, -0.05) is 53.3 Å². The highest BCUT2D eigenvalue weighted by Gasteiger charge is 2.19. The van der Waals surface area contributed by atoms with Gasteiger partial charge in [0, 0.05) is 16.8 Å². The van der Waals surface area contributed by atoms with Crippen molar-refractivity contribution in [3.05, 3.63) is 64.0 Å². The van der Waals surface area contributed by atoms with Gasteiger partial charge in [-0.15, -0.1) is 0 Å². The number of allylic oxidation sites excluding steroid dienone is 1. The Labute approximate surface area is 154 Å². The van der Waals surface area contributed by atoms with E-state index in [2.05, 4.69) is 15.3 Å². The molecule has 6 heteroatoms. The van der Waals surface area contributed by atoms with Gasteiger partial charge in [0.2, 0.25) is 5.88 Å². The number of anilines is 2. The number of fused-ring (bicyclic) bond motifs is 1. The number of aromatic hydroxyl groups is 1. The summed E-state index contributed by atoms with van der Waals surface area (Å²) in [5.41, 5.74) is 4.69. The molecule has 0 saturated carbocycles. The summed E-state index contributed by atoms with van der Waals surface area (Å²) in [6.07, 6.45) is 1.93. The van der Waals surface area contributed by atoms with Crippen molar-refractivity contribution in [2.24, 2.45) is 4.99 Å². The van der Waals surface area contributed by atoms with Crippen LogP contribution in [0.3, 0.4) is 0 Å². The average molecular weight is 368 g/mol. The maximum atomic E-state index is 10.2. The van der Waals surface area contributed by atoms with Crippen molar-refractivity contribution in [3.63, 3.8) is 0 Å². The van der Waals surface area contributed by atoms with Gasteiger partial charge < -0.3 is 10.4 Å². The molecule has 0 aliphatic carbocycles. The second-order valence-corrected chi connectivity index (χ2v) is 7.02. The molecule has 124 valence electrons. The molecular weight excluding hydrogens is 354 g/mol. The van der Waals surface area contributed by atoms with Crippen molar-refractivity contribution in [3.8, 4) is 5.88 Å². The lowest BCUT2D eigenvalue weighted by atomic mass is 10.0. The zero-order valence-electron chi connectivity index (χ0n) is 13.3. The van der Waals surface area contributed by atoms with Crippen LogP contribution in [-0.4, -0.2) is 15.8 Å². The second-order valence-electron chi connectivity index (χ2n) is 5.58. The smallest absolute Gasteiger partial charge is 0.231 e. The largest absolute Gasteiger partial charge is 0.492 e. The number of hydrogen-bond donors (Lipinski definition) is 2. The first-order valence-electron chi connectivity index (χ1n) is 7.70. The molecule has 0 atom stereocenters. The minimum absolute atomic E-state index is 0.00997. The lowest BCUT2D eigenvalue weighted by Crippen LogP contribution is -1.89. The van der Waals surface area contributed by atoms with Crippen LogP contribution in [0.2, 0.25) is 5.02 Å². The van der Waals surface area contributed by atoms with Crippen molar-refractivity contribution in [2.45, 2.75) is 6.92 Å². The van der Waals surface area contributed by atoms with Gasteiger partial charge in [-0.3, -0.25) is 4.99 Å². The third-order valence-electron chi connectivity index (χ3n) is 3.90. The maximum absolute atomic E-state index is 10.2. The first kappa shape index (κ1) is 15.9. The van der Waals surface area contributed by atoms with Crippen LogP contribution in [0.25, 0.3) is 11.6 Å². The molecule has 0 radical (unpaired) electrons. The molecule has 2 N–H and O–H groups in total. The van der Waals surface area contributed by atoms with Crippen molar-refractivity contribution in [1.29, 1.82) is 0 Å². The number of aliphatic imine (C=N–C) groups is 1. The molecule has 2 heterocycles. The zero-order valence-corrected chi connectivity index (χ0v) is 14.9. The summed E-state index contributed by atoms with van der Waals surface area (Å²) in [4.78, 5) is 9.43. The zero-order chi connectivity index (χ0) is 17.4. The molecule has 0 amide bonds. The van der Waals surface area contributed by atoms with Crippen LogP contribution >= 0.6 is 22.9 Å². The monoisotopic (exact) mass is 367 g/mol. The first-order valence-corrected chi connectivity index (χ1v) is 8.89. The third-order valence-corrected chi connectivity index (χ3v) is 5.13. The van der Waals surface area contributed by atoms with Crippen LogP contribution in [0.1, 0.15) is 17.4 Å². The van der Waals surface area contributed by atoms with Gasteiger partial charge in [-0.05, 0) is 31.2 Å². The molecule has 3 aromatic rings. The highest BCUT2D eigenvalue weighted by atomic mass is 35.5. The highest BCUT2D eigenvalue weighted by molar-refractivity contribution is 7.16. The topological polar surface area (TPSA) is 57.5 Å². The van der Waals surface area contributed by atoms with Crippen LogP contribution in [0.5, 0.6) is 5.88 Å². The Morgan fingerprint density at radius 1 is 1.12 bits per heavy atom. The molecule has 1 aliphatic heterocycles. The number of para-hydroxylation sites is 2. The van der Waals surface area contributed by atoms with Gasteiger partial charge in [-0.25, -0.2) is 0 Å². The van der Waals surface area contributed by atoms with E-state index in [1.54, 1.807) is 6.07 Å². The number of aromatic nitrogens is 1. The van der Waals surface area contributed by atoms with Crippen LogP contribution in [0.4, 0.5) is 16.5 Å². The summed E-state index contributed by atoms with van der Waals surface area (Å²) in [6.45, 7) is 1.97. The van der Waals surface area contributed by atoms with Gasteiger partial charge in [0.1, 0.15) is 0 Å². The van der Waals surface area contributed by atoms with Gasteiger partial charge >= 0.3 is 0 Å². The van der Waals surface area contributed by atoms with Crippen molar-refractivity contribution >= 4 is 56.8 Å². The van der Waals surface area contributed by atoms with E-state index in [0.29, 0.717) is 15.0 Å². The molecule has 0 spiro atoms. The Balaban J connectivity index is 1.68. The number of rotatable bonds is 3. The molecular formula is C19H14ClN3OS. The van der Waals surface area contributed by atoms with Crippen LogP contribution in [-0.2, 0) is 0 Å². The van der Waals surface area contributed by atoms with Gasteiger partial charge in [0.15, 0.2) is 5.13 Å². The van der Waals surface area contributed by atoms with Gasteiger partial charge in [-0.2, -0.15) is 4.98 Å². The fourth-order valence-corrected chi connectivity index (χ4v) is 3.70.